The highest BCUT2D eigenvalue weighted by atomic mass is 16.5. The van der Waals surface area contributed by atoms with Gasteiger partial charge in [0.05, 0.1) is 19.3 Å². The van der Waals surface area contributed by atoms with E-state index < -0.39 is 0 Å². The van der Waals surface area contributed by atoms with Crippen molar-refractivity contribution in [1.29, 1.82) is 0 Å². The van der Waals surface area contributed by atoms with Crippen LogP contribution in [0.5, 0.6) is 0 Å². The molecule has 4 heteroatoms. The first-order valence-corrected chi connectivity index (χ1v) is 4.24. The number of carbonyl (C=O) groups is 1. The zero-order valence-electron chi connectivity index (χ0n) is 7.80. The quantitative estimate of drug-likeness (QED) is 0.512. The van der Waals surface area contributed by atoms with Gasteiger partial charge in [-0.05, 0) is 13.5 Å². The predicted molar refractivity (Wildman–Crippen MR) is 48.0 cm³/mol. The SMILES string of the molecule is CCNC(COCCN)C(C)=O. The second-order valence-electron chi connectivity index (χ2n) is 2.58. The Hall–Kier alpha value is -0.450. The summed E-state index contributed by atoms with van der Waals surface area (Å²) in [7, 11) is 0. The van der Waals surface area contributed by atoms with E-state index in [1.807, 2.05) is 6.92 Å². The highest BCUT2D eigenvalue weighted by molar-refractivity contribution is 5.81. The van der Waals surface area contributed by atoms with E-state index in [0.717, 1.165) is 6.54 Å². The summed E-state index contributed by atoms with van der Waals surface area (Å²) in [6.07, 6.45) is 0. The minimum atomic E-state index is -0.179. The molecule has 0 spiro atoms. The molecule has 12 heavy (non-hydrogen) atoms. The Morgan fingerprint density at radius 1 is 1.67 bits per heavy atom. The van der Waals surface area contributed by atoms with Crippen molar-refractivity contribution in [1.82, 2.24) is 5.32 Å². The molecule has 0 heterocycles. The zero-order chi connectivity index (χ0) is 9.40. The molecule has 0 radical (unpaired) electrons. The van der Waals surface area contributed by atoms with Gasteiger partial charge in [0.25, 0.3) is 0 Å². The number of carbonyl (C=O) groups excluding carboxylic acids is 1. The second kappa shape index (κ2) is 7.21. The van der Waals surface area contributed by atoms with Gasteiger partial charge in [0.15, 0.2) is 0 Å². The van der Waals surface area contributed by atoms with E-state index in [0.29, 0.717) is 19.8 Å². The summed E-state index contributed by atoms with van der Waals surface area (Å²) in [6.45, 7) is 5.71. The Bertz CT molecular complexity index is 128. The molecule has 0 aromatic carbocycles. The molecule has 1 unspecified atom stereocenters. The maximum Gasteiger partial charge on any atom is 0.149 e. The molecule has 1 atom stereocenters. The molecule has 72 valence electrons. The van der Waals surface area contributed by atoms with Crippen molar-refractivity contribution in [3.63, 3.8) is 0 Å². The van der Waals surface area contributed by atoms with Gasteiger partial charge in [-0.2, -0.15) is 0 Å². The number of hydrogen-bond donors (Lipinski definition) is 2. The van der Waals surface area contributed by atoms with Crippen molar-refractivity contribution < 1.29 is 9.53 Å². The number of Topliss-reactive ketones (excluding diaryl/α,β-unsaturated/α-hetero) is 1. The number of likely N-dealkylation sites (N-methyl/N-ethyl adjacent to an activating group) is 1. The highest BCUT2D eigenvalue weighted by Gasteiger charge is 2.11. The molecule has 0 saturated heterocycles. The minimum absolute atomic E-state index is 0.105. The van der Waals surface area contributed by atoms with Crippen molar-refractivity contribution in [2.24, 2.45) is 5.73 Å². The van der Waals surface area contributed by atoms with Crippen LogP contribution in [-0.4, -0.2) is 38.1 Å². The van der Waals surface area contributed by atoms with Crippen LogP contribution in [0, 0.1) is 0 Å². The van der Waals surface area contributed by atoms with Gasteiger partial charge in [-0.15, -0.1) is 0 Å². The number of nitrogens with two attached hydrogens (primary N) is 1. The molecule has 0 aromatic heterocycles. The Morgan fingerprint density at radius 3 is 2.75 bits per heavy atom. The smallest absolute Gasteiger partial charge is 0.149 e. The molecule has 0 rings (SSSR count). The molecular weight excluding hydrogens is 156 g/mol. The van der Waals surface area contributed by atoms with Crippen molar-refractivity contribution >= 4 is 5.78 Å². The molecular formula is C8H18N2O2. The fraction of sp³-hybridized carbons (Fsp3) is 0.875. The van der Waals surface area contributed by atoms with Crippen LogP contribution in [0.25, 0.3) is 0 Å². The van der Waals surface area contributed by atoms with E-state index in [2.05, 4.69) is 5.32 Å². The van der Waals surface area contributed by atoms with Crippen LogP contribution < -0.4 is 11.1 Å². The van der Waals surface area contributed by atoms with Gasteiger partial charge in [0, 0.05) is 6.54 Å². The van der Waals surface area contributed by atoms with E-state index in [-0.39, 0.29) is 11.8 Å². The molecule has 0 aliphatic heterocycles. The molecule has 0 amide bonds. The average Bonchev–Trinajstić information content (AvgIpc) is 2.03. The van der Waals surface area contributed by atoms with Gasteiger partial charge < -0.3 is 15.8 Å². The maximum atomic E-state index is 11.0. The van der Waals surface area contributed by atoms with Crippen LogP contribution in [0.3, 0.4) is 0 Å². The summed E-state index contributed by atoms with van der Waals surface area (Å²) < 4.78 is 5.15. The summed E-state index contributed by atoms with van der Waals surface area (Å²) in [5.41, 5.74) is 5.23. The van der Waals surface area contributed by atoms with E-state index in [4.69, 9.17) is 10.5 Å². The fourth-order valence-electron chi connectivity index (χ4n) is 0.851. The Balaban J connectivity index is 3.56. The molecule has 0 aliphatic rings. The minimum Gasteiger partial charge on any atom is -0.378 e. The summed E-state index contributed by atoms with van der Waals surface area (Å²) in [6, 6.07) is -0.179. The van der Waals surface area contributed by atoms with E-state index in [9.17, 15) is 4.79 Å². The predicted octanol–water partition coefficient (Wildman–Crippen LogP) is -0.471. The molecule has 0 bridgehead atoms. The number of rotatable bonds is 7. The normalized spacial score (nSPS) is 12.9. The summed E-state index contributed by atoms with van der Waals surface area (Å²) in [5, 5.41) is 3.03. The number of hydrogen-bond acceptors (Lipinski definition) is 4. The number of ether oxygens (including phenoxy) is 1. The standard InChI is InChI=1S/C8H18N2O2/c1-3-10-8(7(2)11)6-12-5-4-9/h8,10H,3-6,9H2,1-2H3. The first-order valence-electron chi connectivity index (χ1n) is 4.24. The zero-order valence-corrected chi connectivity index (χ0v) is 7.80. The van der Waals surface area contributed by atoms with E-state index in [1.165, 1.54) is 0 Å². The Morgan fingerprint density at radius 2 is 2.33 bits per heavy atom. The van der Waals surface area contributed by atoms with E-state index >= 15 is 0 Å². The largest absolute Gasteiger partial charge is 0.378 e. The van der Waals surface area contributed by atoms with Crippen molar-refractivity contribution in [3.05, 3.63) is 0 Å². The van der Waals surface area contributed by atoms with Crippen molar-refractivity contribution in [2.45, 2.75) is 19.9 Å². The molecule has 0 saturated carbocycles. The summed E-state index contributed by atoms with van der Waals surface area (Å²) in [5.74, 6) is 0.105. The monoisotopic (exact) mass is 174 g/mol. The third-order valence-corrected chi connectivity index (χ3v) is 1.49. The van der Waals surface area contributed by atoms with E-state index in [1.54, 1.807) is 6.92 Å². The molecule has 0 fully saturated rings. The topological polar surface area (TPSA) is 64.3 Å². The van der Waals surface area contributed by atoms with Crippen LogP contribution in [-0.2, 0) is 9.53 Å². The van der Waals surface area contributed by atoms with Crippen molar-refractivity contribution in [3.8, 4) is 0 Å². The van der Waals surface area contributed by atoms with Crippen LogP contribution in [0.2, 0.25) is 0 Å². The Labute approximate surface area is 73.5 Å². The molecule has 4 nitrogen and oxygen atoms in total. The lowest BCUT2D eigenvalue weighted by Gasteiger charge is -2.14. The average molecular weight is 174 g/mol. The summed E-state index contributed by atoms with van der Waals surface area (Å²) in [4.78, 5) is 11.0. The third kappa shape index (κ3) is 5.23. The molecule has 3 N–H and O–H groups in total. The van der Waals surface area contributed by atoms with Crippen LogP contribution in [0.4, 0.5) is 0 Å². The van der Waals surface area contributed by atoms with Gasteiger partial charge in [0.2, 0.25) is 0 Å². The first-order chi connectivity index (χ1) is 5.72. The molecule has 0 aromatic rings. The first kappa shape index (κ1) is 11.6. The van der Waals surface area contributed by atoms with Crippen LogP contribution >= 0.6 is 0 Å². The maximum absolute atomic E-state index is 11.0. The van der Waals surface area contributed by atoms with Crippen LogP contribution in [0.1, 0.15) is 13.8 Å². The molecule has 0 aliphatic carbocycles. The highest BCUT2D eigenvalue weighted by Crippen LogP contribution is 1.87. The van der Waals surface area contributed by atoms with Gasteiger partial charge in [-0.25, -0.2) is 0 Å². The Kier molecular flexibility index (Phi) is 6.94. The van der Waals surface area contributed by atoms with Gasteiger partial charge in [-0.1, -0.05) is 6.92 Å². The van der Waals surface area contributed by atoms with Gasteiger partial charge in [0.1, 0.15) is 5.78 Å². The van der Waals surface area contributed by atoms with Crippen LogP contribution in [0.15, 0.2) is 0 Å². The van der Waals surface area contributed by atoms with Gasteiger partial charge >= 0.3 is 0 Å². The lowest BCUT2D eigenvalue weighted by Crippen LogP contribution is -2.39. The number of nitrogens with one attached hydrogen (secondary N) is 1. The van der Waals surface area contributed by atoms with Gasteiger partial charge in [-0.3, -0.25) is 4.79 Å². The lowest BCUT2D eigenvalue weighted by atomic mass is 10.2. The fourth-order valence-corrected chi connectivity index (χ4v) is 0.851. The number of ketones is 1. The van der Waals surface area contributed by atoms with Crippen molar-refractivity contribution in [2.75, 3.05) is 26.3 Å². The summed E-state index contributed by atoms with van der Waals surface area (Å²) >= 11 is 0. The third-order valence-electron chi connectivity index (χ3n) is 1.49. The lowest BCUT2D eigenvalue weighted by molar-refractivity contribution is -0.120. The second-order valence-corrected chi connectivity index (χ2v) is 2.58.